The average molecular weight is 949 g/mol. The van der Waals surface area contributed by atoms with Gasteiger partial charge in [0, 0.05) is 11.1 Å². The quantitative estimate of drug-likeness (QED) is 0.128. The first kappa shape index (κ1) is 45.9. The van der Waals surface area contributed by atoms with Crippen molar-refractivity contribution in [2.75, 3.05) is 14.2 Å². The number of thiophene rings is 3. The molecule has 3 aromatic heterocycles. The predicted octanol–water partition coefficient (Wildman–Crippen LogP) is 16.5. The Balaban J connectivity index is 1.71. The Bertz CT molecular complexity index is 2590. The van der Waals surface area contributed by atoms with Crippen molar-refractivity contribution in [3.63, 3.8) is 0 Å². The molecule has 0 aliphatic heterocycles. The van der Waals surface area contributed by atoms with Gasteiger partial charge >= 0.3 is 24.7 Å². The van der Waals surface area contributed by atoms with Crippen molar-refractivity contribution in [2.24, 2.45) is 0 Å². The Morgan fingerprint density at radius 2 is 0.698 bits per heavy atom. The Morgan fingerprint density at radius 3 is 0.968 bits per heavy atom. The lowest BCUT2D eigenvalue weighted by Crippen LogP contribution is -2.11. The third-order valence-electron chi connectivity index (χ3n) is 9.49. The molecule has 0 unspecified atom stereocenters. The van der Waals surface area contributed by atoms with Crippen LogP contribution < -0.4 is 18.9 Å². The largest absolute Gasteiger partial charge is 0.496 e. The van der Waals surface area contributed by atoms with E-state index in [4.69, 9.17) is 18.9 Å². The van der Waals surface area contributed by atoms with Crippen molar-refractivity contribution in [1.29, 1.82) is 0 Å². The summed E-state index contributed by atoms with van der Waals surface area (Å²) in [6.45, 7) is 6.80. The summed E-state index contributed by atoms with van der Waals surface area (Å²) in [6, 6.07) is 11.5. The molecule has 0 N–H and O–H groups in total. The molecule has 7 rings (SSSR count). The molecule has 4 aromatic carbocycles. The summed E-state index contributed by atoms with van der Waals surface area (Å²) < 4.78 is 197. The van der Waals surface area contributed by atoms with E-state index in [1.54, 1.807) is 52.0 Å². The number of hydrogen-bond donors (Lipinski definition) is 0. The van der Waals surface area contributed by atoms with Gasteiger partial charge in [-0.1, -0.05) is 12.1 Å². The van der Waals surface area contributed by atoms with E-state index in [-0.39, 0.29) is 85.9 Å². The SMILES string of the molecule is COc1cccc(OC(C)C)c1-c1sc2c(sc3c(-c4cc(C(F)(F)F)cc(C(F)(F)F)c4)c(-c4c(OC)cccc4OC(C)C)sc32)c1-c1cc(C(F)(F)F)cc(C(F)(F)F)c1. The molecule has 0 fully saturated rings. The number of alkyl halides is 12. The van der Waals surface area contributed by atoms with Gasteiger partial charge in [-0.15, -0.1) is 34.0 Å². The summed E-state index contributed by atoms with van der Waals surface area (Å²) in [5.41, 5.74) is -7.41. The topological polar surface area (TPSA) is 36.9 Å². The molecule has 0 spiro atoms. The predicted molar refractivity (Wildman–Crippen MR) is 221 cm³/mol. The highest BCUT2D eigenvalue weighted by Crippen LogP contribution is 2.61. The zero-order valence-electron chi connectivity index (χ0n) is 33.5. The van der Waals surface area contributed by atoms with Crippen LogP contribution in [0.2, 0.25) is 0 Å². The van der Waals surface area contributed by atoms with Gasteiger partial charge in [-0.3, -0.25) is 0 Å². The first-order valence-electron chi connectivity index (χ1n) is 18.6. The van der Waals surface area contributed by atoms with E-state index < -0.39 is 70.3 Å². The summed E-state index contributed by atoms with van der Waals surface area (Å²) in [5.74, 6) is 0.616. The van der Waals surface area contributed by atoms with Crippen LogP contribution in [0.25, 0.3) is 61.9 Å². The number of halogens is 12. The lowest BCUT2D eigenvalue weighted by atomic mass is 9.96. The molecule has 0 atom stereocenters. The van der Waals surface area contributed by atoms with Crippen molar-refractivity contribution in [3.8, 4) is 66.1 Å². The molecule has 0 aliphatic rings. The van der Waals surface area contributed by atoms with Crippen LogP contribution in [0.5, 0.6) is 23.0 Å². The molecule has 0 aliphatic carbocycles. The summed E-state index contributed by atoms with van der Waals surface area (Å²) in [7, 11) is 2.62. The van der Waals surface area contributed by atoms with Gasteiger partial charge in [0.05, 0.1) is 88.4 Å². The van der Waals surface area contributed by atoms with Crippen LogP contribution in [-0.2, 0) is 24.7 Å². The average Bonchev–Trinajstić information content (AvgIpc) is 3.83. The van der Waals surface area contributed by atoms with Gasteiger partial charge in [-0.05, 0) is 99.5 Å². The second kappa shape index (κ2) is 16.4. The van der Waals surface area contributed by atoms with Crippen LogP contribution in [0.4, 0.5) is 52.7 Å². The van der Waals surface area contributed by atoms with E-state index in [2.05, 4.69) is 0 Å². The number of rotatable bonds is 10. The van der Waals surface area contributed by atoms with Crippen LogP contribution in [0, 0.1) is 0 Å². The van der Waals surface area contributed by atoms with Crippen molar-refractivity contribution < 1.29 is 71.6 Å². The number of ether oxygens (including phenoxy) is 4. The van der Waals surface area contributed by atoms with E-state index in [0.717, 1.165) is 34.0 Å². The molecule has 334 valence electrons. The van der Waals surface area contributed by atoms with Gasteiger partial charge in [-0.2, -0.15) is 52.7 Å². The molecule has 0 amide bonds. The summed E-state index contributed by atoms with van der Waals surface area (Å²) in [4.78, 5) is 0.240. The van der Waals surface area contributed by atoms with Crippen LogP contribution in [0.15, 0.2) is 72.8 Å². The van der Waals surface area contributed by atoms with Crippen molar-refractivity contribution >= 4 is 52.8 Å². The highest BCUT2D eigenvalue weighted by Gasteiger charge is 2.40. The van der Waals surface area contributed by atoms with E-state index >= 15 is 0 Å². The van der Waals surface area contributed by atoms with Gasteiger partial charge in [-0.25, -0.2) is 0 Å². The molecule has 0 saturated carbocycles. The summed E-state index contributed by atoms with van der Waals surface area (Å²) >= 11 is 2.65. The fraction of sp³-hybridized carbons (Fsp3) is 0.273. The minimum Gasteiger partial charge on any atom is -0.496 e. The minimum atomic E-state index is -5.25. The van der Waals surface area contributed by atoms with Crippen LogP contribution in [-0.4, -0.2) is 26.4 Å². The Hall–Kier alpha value is -5.14. The molecular weight excluding hydrogens is 917 g/mol. The Labute approximate surface area is 363 Å². The molecule has 63 heavy (non-hydrogen) atoms. The highest BCUT2D eigenvalue weighted by molar-refractivity contribution is 7.41. The maximum absolute atomic E-state index is 14.4. The smallest absolute Gasteiger partial charge is 0.416 e. The van der Waals surface area contributed by atoms with Crippen LogP contribution in [0.1, 0.15) is 49.9 Å². The molecule has 0 saturated heterocycles. The number of hydrogen-bond acceptors (Lipinski definition) is 7. The van der Waals surface area contributed by atoms with E-state index in [9.17, 15) is 52.7 Å². The summed E-state index contributed by atoms with van der Waals surface area (Å²) in [5, 5.41) is 0. The summed E-state index contributed by atoms with van der Waals surface area (Å²) in [6.07, 6.45) is -21.9. The molecular formula is C44H32F12O4S3. The first-order valence-corrected chi connectivity index (χ1v) is 21.1. The lowest BCUT2D eigenvalue weighted by Gasteiger charge is -2.19. The maximum atomic E-state index is 14.4. The number of methoxy groups -OCH3 is 2. The maximum Gasteiger partial charge on any atom is 0.416 e. The molecule has 7 aromatic rings. The number of benzene rings is 4. The Morgan fingerprint density at radius 1 is 0.397 bits per heavy atom. The Kier molecular flexibility index (Phi) is 12.0. The fourth-order valence-electron chi connectivity index (χ4n) is 7.02. The van der Waals surface area contributed by atoms with Crippen molar-refractivity contribution in [2.45, 2.75) is 64.6 Å². The van der Waals surface area contributed by atoms with E-state index in [1.807, 2.05) is 0 Å². The van der Waals surface area contributed by atoms with Gasteiger partial charge < -0.3 is 18.9 Å². The van der Waals surface area contributed by atoms with E-state index in [1.165, 1.54) is 26.4 Å². The van der Waals surface area contributed by atoms with Gasteiger partial charge in [0.2, 0.25) is 0 Å². The zero-order valence-corrected chi connectivity index (χ0v) is 35.9. The third kappa shape index (κ3) is 8.87. The molecule has 19 heteroatoms. The second-order valence-corrected chi connectivity index (χ2v) is 17.7. The number of fused-ring (bicyclic) bond motifs is 3. The molecule has 3 heterocycles. The lowest BCUT2D eigenvalue weighted by molar-refractivity contribution is -0.144. The molecule has 0 bridgehead atoms. The van der Waals surface area contributed by atoms with E-state index in [0.29, 0.717) is 24.3 Å². The molecule has 4 nitrogen and oxygen atoms in total. The third-order valence-corrected chi connectivity index (χ3v) is 13.5. The zero-order chi connectivity index (χ0) is 46.1. The van der Waals surface area contributed by atoms with Crippen LogP contribution in [0.3, 0.4) is 0 Å². The fourth-order valence-corrected chi connectivity index (χ4v) is 11.7. The standard InChI is InChI=1S/C44H32F12O4S3/c1-19(2)59-29-11-7-9-27(57-5)33(29)35-31(21-13-23(41(45,46)47)17-24(14-21)42(48,49)50)37-39(61-35)40-38(63-37)32(22-15-25(43(51,52)53)18-26(16-22)44(54,55)56)36(62-40)34-28(58-6)10-8-12-30(34)60-20(3)4/h7-20H,1-6H3. The highest BCUT2D eigenvalue weighted by atomic mass is 32.1. The van der Waals surface area contributed by atoms with Gasteiger partial charge in [0.25, 0.3) is 0 Å². The second-order valence-electron chi connectivity index (χ2n) is 14.6. The van der Waals surface area contributed by atoms with Crippen molar-refractivity contribution in [3.05, 3.63) is 95.1 Å². The molecule has 0 radical (unpaired) electrons. The minimum absolute atomic E-state index is 0.0174. The normalized spacial score (nSPS) is 12.9. The van der Waals surface area contributed by atoms with Crippen LogP contribution >= 0.6 is 34.0 Å². The van der Waals surface area contributed by atoms with Crippen molar-refractivity contribution in [1.82, 2.24) is 0 Å². The van der Waals surface area contributed by atoms with Gasteiger partial charge in [0.1, 0.15) is 23.0 Å². The monoisotopic (exact) mass is 948 g/mol. The first-order chi connectivity index (χ1) is 29.3. The van der Waals surface area contributed by atoms with Gasteiger partial charge in [0.15, 0.2) is 0 Å².